The Morgan fingerprint density at radius 3 is 3.08 bits per heavy atom. The predicted molar refractivity (Wildman–Crippen MR) is 43.7 cm³/mol. The summed E-state index contributed by atoms with van der Waals surface area (Å²) in [6.45, 7) is 1.82. The van der Waals surface area contributed by atoms with Crippen LogP contribution in [0.5, 0.6) is 0 Å². The average Bonchev–Trinajstić information content (AvgIpc) is 2.12. The number of rotatable bonds is 0. The third-order valence-corrected chi connectivity index (χ3v) is 2.13. The first-order chi connectivity index (χ1) is 6.18. The van der Waals surface area contributed by atoms with Crippen molar-refractivity contribution < 1.29 is 9.36 Å². The predicted octanol–water partition coefficient (Wildman–Crippen LogP) is -3.05. The van der Waals surface area contributed by atoms with Crippen LogP contribution in [0.1, 0.15) is 6.92 Å². The molecule has 0 aliphatic carbocycles. The lowest BCUT2D eigenvalue weighted by Crippen LogP contribution is -2.53. The SMILES string of the molecule is CC1=c2[nH][n]([Al])[nH]oc2=[N+]([Al])NO1. The lowest BCUT2D eigenvalue weighted by atomic mass is 10.5. The monoisotopic (exact) mass is 210 g/mol. The summed E-state index contributed by atoms with van der Waals surface area (Å²) in [5.41, 5.74) is 3.21. The third kappa shape index (κ3) is 1.52. The molecule has 7 nitrogen and oxygen atoms in total. The van der Waals surface area contributed by atoms with E-state index in [1.165, 1.54) is 7.45 Å². The highest BCUT2D eigenvalue weighted by molar-refractivity contribution is 6.05. The van der Waals surface area contributed by atoms with Gasteiger partial charge in [0.2, 0.25) is 5.35 Å². The van der Waals surface area contributed by atoms with Gasteiger partial charge in [-0.05, 0) is 6.92 Å². The van der Waals surface area contributed by atoms with Gasteiger partial charge in [-0.1, -0.05) is 5.59 Å². The van der Waals surface area contributed by atoms with Gasteiger partial charge >= 0.3 is 38.6 Å². The van der Waals surface area contributed by atoms with E-state index in [0.717, 1.165) is 5.35 Å². The Balaban J connectivity index is 2.93. The molecule has 2 heterocycles. The Labute approximate surface area is 89.5 Å². The van der Waals surface area contributed by atoms with E-state index in [0.29, 0.717) is 11.3 Å². The van der Waals surface area contributed by atoms with Crippen LogP contribution in [0.25, 0.3) is 5.76 Å². The number of nitrogens with one attached hydrogen (secondary N) is 3. The molecule has 9 heteroatoms. The van der Waals surface area contributed by atoms with E-state index in [4.69, 9.17) is 9.36 Å². The summed E-state index contributed by atoms with van der Waals surface area (Å²) in [6, 6.07) is 0. The molecule has 1 aromatic rings. The highest BCUT2D eigenvalue weighted by atomic mass is 27.1. The number of fused-ring (bicyclic) bond motifs is 1. The maximum Gasteiger partial charge on any atom is 0.797 e. The van der Waals surface area contributed by atoms with E-state index in [9.17, 15) is 0 Å². The molecule has 0 spiro atoms. The molecule has 0 aromatic carbocycles. The van der Waals surface area contributed by atoms with Gasteiger partial charge in [0.15, 0.2) is 5.76 Å². The van der Waals surface area contributed by atoms with Crippen LogP contribution in [0.3, 0.4) is 0 Å². The smallest absolute Gasteiger partial charge is 0.341 e. The number of hydrazine groups is 1. The van der Waals surface area contributed by atoms with Crippen LogP contribution in [0.15, 0.2) is 4.52 Å². The second-order valence-electron chi connectivity index (χ2n) is 2.47. The van der Waals surface area contributed by atoms with Crippen molar-refractivity contribution in [3.8, 4) is 0 Å². The fourth-order valence-corrected chi connectivity index (χ4v) is 1.36. The maximum absolute atomic E-state index is 5.19. The molecule has 0 fully saturated rings. The molecule has 64 valence electrons. The van der Waals surface area contributed by atoms with Gasteiger partial charge in [0.1, 0.15) is 0 Å². The Hall–Kier alpha value is -0.725. The fraction of sp³-hybridized carbons (Fsp3) is 0.250. The minimum absolute atomic E-state index is 0.590. The van der Waals surface area contributed by atoms with E-state index in [1.807, 2.05) is 6.92 Å². The Morgan fingerprint density at radius 2 is 2.31 bits per heavy atom. The molecule has 2 rings (SSSR count). The zero-order chi connectivity index (χ0) is 9.42. The van der Waals surface area contributed by atoms with Gasteiger partial charge in [0, 0.05) is 0 Å². The molecular weight excluding hydrogens is 204 g/mol. The van der Waals surface area contributed by atoms with Gasteiger partial charge < -0.3 is 13.1 Å². The lowest BCUT2D eigenvalue weighted by Gasteiger charge is -2.11. The molecule has 0 saturated heterocycles. The summed E-state index contributed by atoms with van der Waals surface area (Å²) in [5, 5.41) is 6.33. The molecule has 1 aromatic heterocycles. The van der Waals surface area contributed by atoms with Crippen molar-refractivity contribution in [3.05, 3.63) is 10.9 Å². The second kappa shape index (κ2) is 3.20. The van der Waals surface area contributed by atoms with Gasteiger partial charge in [-0.15, -0.1) is 0 Å². The first-order valence-corrected chi connectivity index (χ1v) is 4.51. The fourth-order valence-electron chi connectivity index (χ4n) is 0.944. The van der Waals surface area contributed by atoms with Gasteiger partial charge in [-0.25, -0.2) is 3.67 Å². The van der Waals surface area contributed by atoms with Crippen LogP contribution in [-0.2, 0) is 4.84 Å². The van der Waals surface area contributed by atoms with E-state index >= 15 is 0 Å². The van der Waals surface area contributed by atoms with Crippen molar-refractivity contribution in [2.75, 3.05) is 0 Å². The molecule has 4 radical (unpaired) electrons. The zero-order valence-corrected chi connectivity index (χ0v) is 9.18. The summed E-state index contributed by atoms with van der Waals surface area (Å²) >= 11 is 4.78. The number of H-pyrrole nitrogens is 2. The number of aromatic nitrogens is 3. The Kier molecular flexibility index (Phi) is 2.18. The van der Waals surface area contributed by atoms with E-state index in [1.54, 1.807) is 0 Å². The van der Waals surface area contributed by atoms with Gasteiger partial charge in [-0.3, -0.25) is 5.10 Å². The Bertz CT molecular complexity index is 474. The van der Waals surface area contributed by atoms with Crippen molar-refractivity contribution in [2.45, 2.75) is 6.92 Å². The third-order valence-electron chi connectivity index (χ3n) is 1.55. The number of hydrogen-bond acceptors (Lipinski definition) is 3. The molecule has 0 amide bonds. The van der Waals surface area contributed by atoms with E-state index < -0.39 is 0 Å². The summed E-state index contributed by atoms with van der Waals surface area (Å²) in [6.07, 6.45) is 0. The number of aromatic amines is 2. The first-order valence-electron chi connectivity index (χ1n) is 3.48. The molecular formula is C4H6Al2N5O2+. The quantitative estimate of drug-likeness (QED) is 0.398. The van der Waals surface area contributed by atoms with Crippen LogP contribution in [0.4, 0.5) is 0 Å². The highest BCUT2D eigenvalue weighted by Crippen LogP contribution is 1.87. The van der Waals surface area contributed by atoms with Crippen molar-refractivity contribution >= 4 is 38.8 Å². The van der Waals surface area contributed by atoms with Crippen LogP contribution in [-0.4, -0.2) is 47.2 Å². The minimum Gasteiger partial charge on any atom is -0.341 e. The number of nitrogens with zero attached hydrogens (tertiary/aromatic N) is 2. The van der Waals surface area contributed by atoms with Gasteiger partial charge in [-0.2, -0.15) is 5.27 Å². The minimum atomic E-state index is 0.590. The lowest BCUT2D eigenvalue weighted by molar-refractivity contribution is 0.0873. The van der Waals surface area contributed by atoms with E-state index in [-0.39, 0.29) is 0 Å². The van der Waals surface area contributed by atoms with Crippen molar-refractivity contribution in [1.82, 2.24) is 23.4 Å². The highest BCUT2D eigenvalue weighted by Gasteiger charge is 2.13. The molecule has 0 atom stereocenters. The van der Waals surface area contributed by atoms with Gasteiger partial charge in [0.05, 0.1) is 0 Å². The largest absolute Gasteiger partial charge is 0.797 e. The summed E-state index contributed by atoms with van der Waals surface area (Å²) < 4.78 is 8.21. The Morgan fingerprint density at radius 1 is 1.54 bits per heavy atom. The summed E-state index contributed by atoms with van der Waals surface area (Å²) in [4.78, 5) is 5.12. The number of hydrogen-bond donors (Lipinski definition) is 3. The summed E-state index contributed by atoms with van der Waals surface area (Å²) in [5.74, 6) is 0.697. The van der Waals surface area contributed by atoms with Crippen molar-refractivity contribution in [3.63, 3.8) is 0 Å². The van der Waals surface area contributed by atoms with Crippen LogP contribution in [0, 0.1) is 0 Å². The van der Waals surface area contributed by atoms with Crippen LogP contribution >= 0.6 is 0 Å². The topological polar surface area (TPSA) is 73.9 Å². The maximum atomic E-state index is 5.19. The van der Waals surface area contributed by atoms with Crippen LogP contribution in [0.2, 0.25) is 0 Å². The first kappa shape index (κ1) is 8.85. The molecule has 13 heavy (non-hydrogen) atoms. The standard InChI is InChI=1S/C4H6N5O2.2Al/c1-2-3-4(6-8-10-2)11-9-7-5-3;;/h5,8-9H,1H3;;/q-1;2*+1. The average molecular weight is 210 g/mol. The van der Waals surface area contributed by atoms with Gasteiger partial charge in [0.25, 0.3) is 0 Å². The second-order valence-corrected chi connectivity index (χ2v) is 3.51. The normalized spacial score (nSPS) is 14.5. The summed E-state index contributed by atoms with van der Waals surface area (Å²) in [7, 11) is 0. The molecule has 0 unspecified atom stereocenters. The molecule has 1 aliphatic rings. The van der Waals surface area contributed by atoms with Crippen molar-refractivity contribution in [2.24, 2.45) is 0 Å². The van der Waals surface area contributed by atoms with Crippen molar-refractivity contribution in [1.29, 1.82) is 0 Å². The molecule has 3 N–H and O–H groups in total. The van der Waals surface area contributed by atoms with Crippen LogP contribution < -0.4 is 20.2 Å². The molecule has 0 bridgehead atoms. The van der Waals surface area contributed by atoms with E-state index in [2.05, 4.69) is 49.0 Å². The zero-order valence-electron chi connectivity index (χ0n) is 6.87. The molecule has 1 aliphatic heterocycles. The molecule has 0 saturated carbocycles.